The van der Waals surface area contributed by atoms with Gasteiger partial charge in [-0.15, -0.1) is 0 Å². The summed E-state index contributed by atoms with van der Waals surface area (Å²) in [5.74, 6) is 0. The lowest BCUT2D eigenvalue weighted by molar-refractivity contribution is 0.259. The van der Waals surface area contributed by atoms with Crippen molar-refractivity contribution in [1.29, 1.82) is 0 Å². The highest BCUT2D eigenvalue weighted by Crippen LogP contribution is 2.22. The number of hydrogen-bond donors (Lipinski definition) is 2. The van der Waals surface area contributed by atoms with Crippen LogP contribution in [0, 0.1) is 0 Å². The minimum absolute atomic E-state index is 0.00366. The molecular weight excluding hydrogens is 298 g/mol. The first kappa shape index (κ1) is 15.0. The standard InChI is InChI=1S/C14H14ClNO3S/c15-12-8-4-5-9-14(12)20(18,19)16-13(10-17)11-6-2-1-3-7-11/h1-9,13,16-17H,10H2. The predicted octanol–water partition coefficient (Wildman–Crippen LogP) is 2.35. The molecule has 4 nitrogen and oxygen atoms in total. The number of aliphatic hydroxyl groups excluding tert-OH is 1. The molecule has 1 atom stereocenters. The Balaban J connectivity index is 2.30. The first-order valence-corrected chi connectivity index (χ1v) is 7.83. The van der Waals surface area contributed by atoms with Crippen molar-refractivity contribution in [2.75, 3.05) is 6.61 Å². The molecule has 20 heavy (non-hydrogen) atoms. The van der Waals surface area contributed by atoms with Gasteiger partial charge in [-0.25, -0.2) is 13.1 Å². The molecule has 0 radical (unpaired) electrons. The van der Waals surface area contributed by atoms with Crippen LogP contribution in [0.3, 0.4) is 0 Å². The third kappa shape index (κ3) is 3.37. The lowest BCUT2D eigenvalue weighted by atomic mass is 10.1. The van der Waals surface area contributed by atoms with Crippen LogP contribution in [-0.4, -0.2) is 20.1 Å². The molecule has 0 amide bonds. The summed E-state index contributed by atoms with van der Waals surface area (Å²) in [5, 5.41) is 9.54. The van der Waals surface area contributed by atoms with E-state index in [4.69, 9.17) is 11.6 Å². The zero-order chi connectivity index (χ0) is 14.6. The maximum atomic E-state index is 12.3. The van der Waals surface area contributed by atoms with Crippen LogP contribution in [0.1, 0.15) is 11.6 Å². The largest absolute Gasteiger partial charge is 0.394 e. The molecule has 0 heterocycles. The van der Waals surface area contributed by atoms with Gasteiger partial charge in [-0.2, -0.15) is 0 Å². The van der Waals surface area contributed by atoms with Crippen LogP contribution in [0.2, 0.25) is 5.02 Å². The molecule has 0 saturated heterocycles. The molecule has 2 aromatic rings. The van der Waals surface area contributed by atoms with Crippen molar-refractivity contribution in [3.63, 3.8) is 0 Å². The maximum absolute atomic E-state index is 12.3. The van der Waals surface area contributed by atoms with Crippen LogP contribution >= 0.6 is 11.6 Å². The van der Waals surface area contributed by atoms with E-state index >= 15 is 0 Å². The molecule has 0 aliphatic carbocycles. The lowest BCUT2D eigenvalue weighted by Gasteiger charge is -2.17. The maximum Gasteiger partial charge on any atom is 0.242 e. The summed E-state index contributed by atoms with van der Waals surface area (Å²) in [6.07, 6.45) is 0. The Morgan fingerprint density at radius 2 is 1.65 bits per heavy atom. The van der Waals surface area contributed by atoms with Crippen molar-refractivity contribution in [1.82, 2.24) is 4.72 Å². The van der Waals surface area contributed by atoms with Crippen molar-refractivity contribution in [2.24, 2.45) is 0 Å². The van der Waals surface area contributed by atoms with Crippen LogP contribution in [0.15, 0.2) is 59.5 Å². The number of aliphatic hydroxyl groups is 1. The molecule has 0 fully saturated rings. The number of rotatable bonds is 5. The average molecular weight is 312 g/mol. The fourth-order valence-electron chi connectivity index (χ4n) is 1.81. The Kier molecular flexibility index (Phi) is 4.77. The average Bonchev–Trinajstić information content (AvgIpc) is 2.46. The summed E-state index contributed by atoms with van der Waals surface area (Å²) in [7, 11) is -3.79. The van der Waals surface area contributed by atoms with Crippen LogP contribution in [0.4, 0.5) is 0 Å². The van der Waals surface area contributed by atoms with Gasteiger partial charge in [-0.05, 0) is 17.7 Å². The molecule has 0 spiro atoms. The fourth-order valence-corrected chi connectivity index (χ4v) is 3.54. The van der Waals surface area contributed by atoms with E-state index in [1.807, 2.05) is 6.07 Å². The first-order valence-electron chi connectivity index (χ1n) is 5.97. The van der Waals surface area contributed by atoms with Crippen molar-refractivity contribution in [2.45, 2.75) is 10.9 Å². The molecule has 2 aromatic carbocycles. The molecule has 6 heteroatoms. The van der Waals surface area contributed by atoms with Gasteiger partial charge >= 0.3 is 0 Å². The molecule has 0 bridgehead atoms. The minimum atomic E-state index is -3.79. The zero-order valence-electron chi connectivity index (χ0n) is 10.5. The Morgan fingerprint density at radius 1 is 1.05 bits per heavy atom. The van der Waals surface area contributed by atoms with Gasteiger partial charge in [0.15, 0.2) is 0 Å². The van der Waals surface area contributed by atoms with E-state index in [2.05, 4.69) is 4.72 Å². The van der Waals surface area contributed by atoms with E-state index in [0.717, 1.165) is 0 Å². The van der Waals surface area contributed by atoms with E-state index in [9.17, 15) is 13.5 Å². The molecule has 0 saturated carbocycles. The van der Waals surface area contributed by atoms with Crippen LogP contribution in [0.25, 0.3) is 0 Å². The summed E-state index contributed by atoms with van der Waals surface area (Å²) < 4.78 is 27.0. The van der Waals surface area contributed by atoms with E-state index in [-0.39, 0.29) is 16.5 Å². The van der Waals surface area contributed by atoms with Crippen molar-refractivity contribution in [3.8, 4) is 0 Å². The van der Waals surface area contributed by atoms with Gasteiger partial charge in [-0.3, -0.25) is 0 Å². The third-order valence-electron chi connectivity index (χ3n) is 2.81. The van der Waals surface area contributed by atoms with Gasteiger partial charge in [0, 0.05) is 0 Å². The van der Waals surface area contributed by atoms with Gasteiger partial charge in [0.05, 0.1) is 17.7 Å². The summed E-state index contributed by atoms with van der Waals surface area (Å²) in [6.45, 7) is -0.340. The van der Waals surface area contributed by atoms with Gasteiger partial charge < -0.3 is 5.11 Å². The van der Waals surface area contributed by atoms with Crippen LogP contribution in [0.5, 0.6) is 0 Å². The van der Waals surface area contributed by atoms with Crippen molar-refractivity contribution in [3.05, 3.63) is 65.2 Å². The van der Waals surface area contributed by atoms with Gasteiger partial charge in [0.25, 0.3) is 0 Å². The SMILES string of the molecule is O=S(=O)(NC(CO)c1ccccc1)c1ccccc1Cl. The fraction of sp³-hybridized carbons (Fsp3) is 0.143. The van der Waals surface area contributed by atoms with Gasteiger partial charge in [-0.1, -0.05) is 54.1 Å². The quantitative estimate of drug-likeness (QED) is 0.891. The molecular formula is C14H14ClNO3S. The first-order chi connectivity index (χ1) is 9.54. The zero-order valence-corrected chi connectivity index (χ0v) is 12.1. The summed E-state index contributed by atoms with van der Waals surface area (Å²) in [5.41, 5.74) is 0.686. The predicted molar refractivity (Wildman–Crippen MR) is 78.0 cm³/mol. The van der Waals surface area contributed by atoms with E-state index < -0.39 is 16.1 Å². The monoisotopic (exact) mass is 311 g/mol. The topological polar surface area (TPSA) is 66.4 Å². The number of benzene rings is 2. The molecule has 1 unspecified atom stereocenters. The number of halogens is 1. The smallest absolute Gasteiger partial charge is 0.242 e. The molecule has 106 valence electrons. The highest BCUT2D eigenvalue weighted by atomic mass is 35.5. The minimum Gasteiger partial charge on any atom is -0.394 e. The van der Waals surface area contributed by atoms with Gasteiger partial charge in [0.1, 0.15) is 4.90 Å². The summed E-state index contributed by atoms with van der Waals surface area (Å²) in [4.78, 5) is -0.00366. The Morgan fingerprint density at radius 3 is 2.25 bits per heavy atom. The van der Waals surface area contributed by atoms with Crippen molar-refractivity contribution < 1.29 is 13.5 Å². The highest BCUT2D eigenvalue weighted by molar-refractivity contribution is 7.89. The molecule has 0 aliphatic rings. The normalized spacial score (nSPS) is 13.1. The Labute approximate surface area is 123 Å². The summed E-state index contributed by atoms with van der Waals surface area (Å²) >= 11 is 5.90. The van der Waals surface area contributed by atoms with Crippen molar-refractivity contribution >= 4 is 21.6 Å². The second-order valence-corrected chi connectivity index (χ2v) is 6.29. The number of nitrogens with one attached hydrogen (secondary N) is 1. The summed E-state index contributed by atoms with van der Waals surface area (Å²) in [6, 6.07) is 14.3. The molecule has 0 aliphatic heterocycles. The highest BCUT2D eigenvalue weighted by Gasteiger charge is 2.22. The van der Waals surface area contributed by atoms with E-state index in [1.165, 1.54) is 12.1 Å². The second kappa shape index (κ2) is 6.37. The van der Waals surface area contributed by atoms with E-state index in [0.29, 0.717) is 5.56 Å². The Bertz CT molecular complexity index is 674. The second-order valence-electron chi connectivity index (χ2n) is 4.20. The third-order valence-corrected chi connectivity index (χ3v) is 4.78. The Hall–Kier alpha value is -1.40. The molecule has 0 aromatic heterocycles. The van der Waals surface area contributed by atoms with E-state index in [1.54, 1.807) is 36.4 Å². The molecule has 2 N–H and O–H groups in total. The number of sulfonamides is 1. The van der Waals surface area contributed by atoms with Gasteiger partial charge in [0.2, 0.25) is 10.0 Å². The van der Waals surface area contributed by atoms with Crippen LogP contribution < -0.4 is 4.72 Å². The lowest BCUT2D eigenvalue weighted by Crippen LogP contribution is -2.31. The molecule has 2 rings (SSSR count). The number of hydrogen-bond acceptors (Lipinski definition) is 3. The van der Waals surface area contributed by atoms with Crippen LogP contribution in [-0.2, 0) is 10.0 Å².